The maximum atomic E-state index is 11.8. The van der Waals surface area contributed by atoms with Crippen molar-refractivity contribution in [1.29, 1.82) is 0 Å². The SMILES string of the molecule is CSC1CCCCC1NCCOCC(F)(F)F. The largest absolute Gasteiger partial charge is 0.411 e. The Bertz CT molecular complexity index is 213. The van der Waals surface area contributed by atoms with Crippen LogP contribution in [0.5, 0.6) is 0 Å². The smallest absolute Gasteiger partial charge is 0.371 e. The van der Waals surface area contributed by atoms with Crippen LogP contribution in [0.3, 0.4) is 0 Å². The molecule has 17 heavy (non-hydrogen) atoms. The molecular weight excluding hydrogens is 251 g/mol. The quantitative estimate of drug-likeness (QED) is 0.751. The predicted molar refractivity (Wildman–Crippen MR) is 64.4 cm³/mol. The van der Waals surface area contributed by atoms with Gasteiger partial charge in [0.2, 0.25) is 0 Å². The minimum Gasteiger partial charge on any atom is -0.371 e. The summed E-state index contributed by atoms with van der Waals surface area (Å²) in [6.07, 6.45) is 2.65. The average Bonchev–Trinajstić information content (AvgIpc) is 2.27. The zero-order valence-corrected chi connectivity index (χ0v) is 10.9. The average molecular weight is 271 g/mol. The standard InChI is InChI=1S/C11H20F3NOS/c1-17-10-5-3-2-4-9(10)15-6-7-16-8-11(12,13)14/h9-10,15H,2-8H2,1H3. The van der Waals surface area contributed by atoms with Gasteiger partial charge in [-0.25, -0.2) is 0 Å². The van der Waals surface area contributed by atoms with Crippen molar-refractivity contribution in [3.05, 3.63) is 0 Å². The van der Waals surface area contributed by atoms with Gasteiger partial charge in [-0.1, -0.05) is 12.8 Å². The van der Waals surface area contributed by atoms with Crippen molar-refractivity contribution in [1.82, 2.24) is 5.32 Å². The van der Waals surface area contributed by atoms with Crippen LogP contribution in [0.15, 0.2) is 0 Å². The van der Waals surface area contributed by atoms with Crippen LogP contribution < -0.4 is 5.32 Å². The fourth-order valence-corrected chi connectivity index (χ4v) is 3.08. The maximum absolute atomic E-state index is 11.8. The second-order valence-corrected chi connectivity index (χ2v) is 5.36. The fraction of sp³-hybridized carbons (Fsp3) is 1.00. The Hall–Kier alpha value is 0.0600. The number of alkyl halides is 3. The molecule has 0 aromatic heterocycles. The van der Waals surface area contributed by atoms with Crippen LogP contribution in [0, 0.1) is 0 Å². The van der Waals surface area contributed by atoms with Crippen LogP contribution >= 0.6 is 11.8 Å². The van der Waals surface area contributed by atoms with E-state index >= 15 is 0 Å². The molecule has 0 spiro atoms. The molecule has 1 aliphatic rings. The first kappa shape index (κ1) is 15.1. The Labute approximate surface area is 105 Å². The summed E-state index contributed by atoms with van der Waals surface area (Å²) in [7, 11) is 0. The lowest BCUT2D eigenvalue weighted by atomic mass is 9.95. The second kappa shape index (κ2) is 7.48. The lowest BCUT2D eigenvalue weighted by molar-refractivity contribution is -0.173. The summed E-state index contributed by atoms with van der Waals surface area (Å²) in [5, 5.41) is 3.88. The normalized spacial score (nSPS) is 26.1. The molecule has 1 N–H and O–H groups in total. The van der Waals surface area contributed by atoms with Crippen LogP contribution in [-0.2, 0) is 4.74 Å². The highest BCUT2D eigenvalue weighted by Crippen LogP contribution is 2.26. The Morgan fingerprint density at radius 1 is 1.29 bits per heavy atom. The van der Waals surface area contributed by atoms with Crippen molar-refractivity contribution < 1.29 is 17.9 Å². The van der Waals surface area contributed by atoms with Crippen molar-refractivity contribution in [2.75, 3.05) is 26.0 Å². The molecule has 0 bridgehead atoms. The van der Waals surface area contributed by atoms with Gasteiger partial charge in [-0.2, -0.15) is 24.9 Å². The molecule has 0 saturated heterocycles. The summed E-state index contributed by atoms with van der Waals surface area (Å²) < 4.78 is 40.0. The van der Waals surface area contributed by atoms with Gasteiger partial charge >= 0.3 is 6.18 Å². The molecule has 0 heterocycles. The van der Waals surface area contributed by atoms with E-state index in [1.165, 1.54) is 19.3 Å². The van der Waals surface area contributed by atoms with E-state index in [0.717, 1.165) is 6.42 Å². The lowest BCUT2D eigenvalue weighted by Crippen LogP contribution is -2.42. The van der Waals surface area contributed by atoms with Gasteiger partial charge in [-0.05, 0) is 19.1 Å². The molecule has 2 unspecified atom stereocenters. The van der Waals surface area contributed by atoms with Crippen LogP contribution in [0.25, 0.3) is 0 Å². The minimum atomic E-state index is -4.22. The summed E-state index contributed by atoms with van der Waals surface area (Å²) in [5.41, 5.74) is 0. The van der Waals surface area contributed by atoms with E-state index in [2.05, 4.69) is 16.3 Å². The molecule has 0 aromatic rings. The van der Waals surface area contributed by atoms with Crippen LogP contribution in [0.2, 0.25) is 0 Å². The highest BCUT2D eigenvalue weighted by Gasteiger charge is 2.27. The number of hydrogen-bond acceptors (Lipinski definition) is 3. The third-order valence-electron chi connectivity index (χ3n) is 2.92. The number of halogens is 3. The molecule has 1 saturated carbocycles. The highest BCUT2D eigenvalue weighted by molar-refractivity contribution is 7.99. The summed E-state index contributed by atoms with van der Waals surface area (Å²) in [5.74, 6) is 0. The Morgan fingerprint density at radius 3 is 2.65 bits per heavy atom. The van der Waals surface area contributed by atoms with Gasteiger partial charge < -0.3 is 10.1 Å². The molecule has 1 aliphatic carbocycles. The van der Waals surface area contributed by atoms with Crippen molar-refractivity contribution in [2.24, 2.45) is 0 Å². The predicted octanol–water partition coefficient (Wildman–Crippen LogP) is 2.83. The van der Waals surface area contributed by atoms with Crippen molar-refractivity contribution in [3.8, 4) is 0 Å². The van der Waals surface area contributed by atoms with Crippen molar-refractivity contribution in [3.63, 3.8) is 0 Å². The Kier molecular flexibility index (Phi) is 6.66. The first-order valence-electron chi connectivity index (χ1n) is 5.93. The minimum absolute atomic E-state index is 0.122. The van der Waals surface area contributed by atoms with E-state index < -0.39 is 12.8 Å². The van der Waals surface area contributed by atoms with E-state index in [4.69, 9.17) is 0 Å². The molecule has 2 nitrogen and oxygen atoms in total. The maximum Gasteiger partial charge on any atom is 0.411 e. The number of rotatable bonds is 6. The number of thioether (sulfide) groups is 1. The number of ether oxygens (including phenoxy) is 1. The Balaban J connectivity index is 2.08. The van der Waals surface area contributed by atoms with Gasteiger partial charge in [-0.15, -0.1) is 0 Å². The van der Waals surface area contributed by atoms with Gasteiger partial charge in [0.25, 0.3) is 0 Å². The summed E-state index contributed by atoms with van der Waals surface area (Å²) in [6.45, 7) is -0.528. The molecule has 1 fully saturated rings. The number of hydrogen-bond donors (Lipinski definition) is 1. The van der Waals surface area contributed by atoms with E-state index in [9.17, 15) is 13.2 Å². The van der Waals surface area contributed by atoms with Crippen molar-refractivity contribution in [2.45, 2.75) is 43.2 Å². The van der Waals surface area contributed by atoms with E-state index in [0.29, 0.717) is 17.8 Å². The topological polar surface area (TPSA) is 21.3 Å². The highest BCUT2D eigenvalue weighted by atomic mass is 32.2. The molecule has 6 heteroatoms. The fourth-order valence-electron chi connectivity index (χ4n) is 2.12. The second-order valence-electron chi connectivity index (χ2n) is 4.29. The lowest BCUT2D eigenvalue weighted by Gasteiger charge is -2.31. The summed E-state index contributed by atoms with van der Waals surface area (Å²) in [4.78, 5) is 0. The zero-order chi connectivity index (χ0) is 12.7. The Morgan fingerprint density at radius 2 is 2.00 bits per heavy atom. The van der Waals surface area contributed by atoms with Gasteiger partial charge in [-0.3, -0.25) is 0 Å². The van der Waals surface area contributed by atoms with Gasteiger partial charge in [0.05, 0.1) is 6.61 Å². The van der Waals surface area contributed by atoms with Crippen molar-refractivity contribution >= 4 is 11.8 Å². The molecule has 0 radical (unpaired) electrons. The summed E-state index contributed by atoms with van der Waals surface area (Å²) >= 11 is 1.84. The molecule has 0 aliphatic heterocycles. The number of nitrogens with one attached hydrogen (secondary N) is 1. The zero-order valence-electron chi connectivity index (χ0n) is 10.1. The molecular formula is C11H20F3NOS. The van der Waals surface area contributed by atoms with Crippen LogP contribution in [0.1, 0.15) is 25.7 Å². The molecule has 1 rings (SSSR count). The van der Waals surface area contributed by atoms with E-state index in [-0.39, 0.29) is 6.61 Å². The first-order chi connectivity index (χ1) is 8.03. The molecule has 0 amide bonds. The monoisotopic (exact) mass is 271 g/mol. The van der Waals surface area contributed by atoms with Gasteiger partial charge in [0, 0.05) is 17.8 Å². The van der Waals surface area contributed by atoms with Crippen LogP contribution in [0.4, 0.5) is 13.2 Å². The molecule has 102 valence electrons. The first-order valence-corrected chi connectivity index (χ1v) is 7.22. The third-order valence-corrected chi connectivity index (χ3v) is 4.09. The summed E-state index contributed by atoms with van der Waals surface area (Å²) in [6, 6.07) is 0.424. The third kappa shape index (κ3) is 6.52. The van der Waals surface area contributed by atoms with Crippen LogP contribution in [-0.4, -0.2) is 43.5 Å². The van der Waals surface area contributed by atoms with Gasteiger partial charge in [0.15, 0.2) is 0 Å². The van der Waals surface area contributed by atoms with E-state index in [1.54, 1.807) is 0 Å². The van der Waals surface area contributed by atoms with Gasteiger partial charge in [0.1, 0.15) is 6.61 Å². The molecule has 2 atom stereocenters. The molecule has 0 aromatic carbocycles. The van der Waals surface area contributed by atoms with E-state index in [1.807, 2.05) is 11.8 Å².